The smallest absolute Gasteiger partial charge is 0.215 e. The predicted molar refractivity (Wildman–Crippen MR) is 112 cm³/mol. The largest absolute Gasteiger partial charge is 0.360 e. The Balaban J connectivity index is 1.45. The molecule has 2 aliphatic rings. The number of aliphatic imine (C=N–C) groups is 1. The van der Waals surface area contributed by atoms with Crippen LogP contribution < -0.4 is 10.2 Å². The monoisotopic (exact) mass is 417 g/mol. The normalized spacial score (nSPS) is 20.4. The number of guanidine groups is 1. The summed E-state index contributed by atoms with van der Waals surface area (Å²) < 4.78 is 26.5. The Morgan fingerprint density at radius 2 is 1.92 bits per heavy atom. The molecule has 26 heavy (non-hydrogen) atoms. The molecule has 0 spiro atoms. The van der Waals surface area contributed by atoms with E-state index in [2.05, 4.69) is 37.6 Å². The van der Waals surface area contributed by atoms with Gasteiger partial charge < -0.3 is 15.1 Å². The Kier molecular flexibility index (Phi) is 7.07. The predicted octanol–water partition coefficient (Wildman–Crippen LogP) is 0.824. The minimum Gasteiger partial charge on any atom is -0.360 e. The van der Waals surface area contributed by atoms with Crippen molar-refractivity contribution in [2.75, 3.05) is 75.0 Å². The van der Waals surface area contributed by atoms with E-state index in [9.17, 15) is 8.42 Å². The number of piperazine rings is 1. The number of thioether (sulfide) groups is 1. The highest BCUT2D eigenvalue weighted by Crippen LogP contribution is 2.22. The molecular weight excluding hydrogens is 390 g/mol. The van der Waals surface area contributed by atoms with Gasteiger partial charge in [-0.3, -0.25) is 4.99 Å². The molecule has 0 atom stereocenters. The summed E-state index contributed by atoms with van der Waals surface area (Å²) in [7, 11) is -1.42. The number of hydrogen-bond donors (Lipinski definition) is 1. The molecule has 0 saturated carbocycles. The van der Waals surface area contributed by atoms with Gasteiger partial charge in [-0.15, -0.1) is 11.3 Å². The third-order valence-corrected chi connectivity index (χ3v) is 8.36. The standard InChI is InChI=1S/C16H27N5O2S3/c1-17-16(18-4-14-26(22,23)21-9-12-24-13-10-21)20-7-5-19(6-8-20)15-3-2-11-25-15/h2-3,11H,4-10,12-14H2,1H3,(H,17,18). The molecule has 7 nitrogen and oxygen atoms in total. The first-order valence-corrected chi connectivity index (χ1v) is 12.5. The second kappa shape index (κ2) is 9.29. The van der Waals surface area contributed by atoms with Crippen LogP contribution in [-0.4, -0.2) is 93.7 Å². The molecule has 1 aromatic rings. The number of hydrogen-bond acceptors (Lipinski definition) is 6. The Bertz CT molecular complexity index is 679. The van der Waals surface area contributed by atoms with Crippen LogP contribution in [0, 0.1) is 0 Å². The maximum atomic E-state index is 12.4. The summed E-state index contributed by atoms with van der Waals surface area (Å²) in [6.07, 6.45) is 0. The number of thiophene rings is 1. The first-order chi connectivity index (χ1) is 12.6. The Morgan fingerprint density at radius 1 is 1.19 bits per heavy atom. The molecule has 10 heteroatoms. The number of nitrogens with one attached hydrogen (secondary N) is 1. The summed E-state index contributed by atoms with van der Waals surface area (Å²) in [5, 5.41) is 6.64. The zero-order valence-electron chi connectivity index (χ0n) is 15.1. The van der Waals surface area contributed by atoms with Crippen LogP contribution in [0.3, 0.4) is 0 Å². The third kappa shape index (κ3) is 5.05. The molecule has 3 rings (SSSR count). The fraction of sp³-hybridized carbons (Fsp3) is 0.688. The van der Waals surface area contributed by atoms with Crippen molar-refractivity contribution in [2.24, 2.45) is 4.99 Å². The highest BCUT2D eigenvalue weighted by molar-refractivity contribution is 7.99. The van der Waals surface area contributed by atoms with Crippen LogP contribution in [0.5, 0.6) is 0 Å². The molecule has 2 aliphatic heterocycles. The van der Waals surface area contributed by atoms with E-state index < -0.39 is 10.0 Å². The van der Waals surface area contributed by atoms with E-state index in [1.54, 1.807) is 22.7 Å². The van der Waals surface area contributed by atoms with Crippen LogP contribution in [0.1, 0.15) is 0 Å². The van der Waals surface area contributed by atoms with Gasteiger partial charge in [-0.25, -0.2) is 12.7 Å². The third-order valence-electron chi connectivity index (χ3n) is 4.62. The van der Waals surface area contributed by atoms with Crippen molar-refractivity contribution in [3.63, 3.8) is 0 Å². The fourth-order valence-corrected chi connectivity index (χ4v) is 6.44. The molecule has 0 radical (unpaired) electrons. The van der Waals surface area contributed by atoms with Gasteiger partial charge in [0, 0.05) is 64.4 Å². The maximum absolute atomic E-state index is 12.4. The number of nitrogens with zero attached hydrogens (tertiary/aromatic N) is 4. The van der Waals surface area contributed by atoms with Gasteiger partial charge in [0.2, 0.25) is 10.0 Å². The van der Waals surface area contributed by atoms with E-state index >= 15 is 0 Å². The van der Waals surface area contributed by atoms with Gasteiger partial charge in [0.25, 0.3) is 0 Å². The number of anilines is 1. The second-order valence-corrected chi connectivity index (χ2v) is 10.5. The van der Waals surface area contributed by atoms with Gasteiger partial charge in [0.1, 0.15) is 0 Å². The van der Waals surface area contributed by atoms with Crippen LogP contribution in [0.15, 0.2) is 22.5 Å². The van der Waals surface area contributed by atoms with E-state index in [1.165, 1.54) is 5.00 Å². The summed E-state index contributed by atoms with van der Waals surface area (Å²) in [6, 6.07) is 4.23. The van der Waals surface area contributed by atoms with Crippen LogP contribution >= 0.6 is 23.1 Å². The van der Waals surface area contributed by atoms with Crippen LogP contribution in [0.4, 0.5) is 5.00 Å². The zero-order valence-corrected chi connectivity index (χ0v) is 17.6. The maximum Gasteiger partial charge on any atom is 0.215 e. The summed E-state index contributed by atoms with van der Waals surface area (Å²) in [5.41, 5.74) is 0. The van der Waals surface area contributed by atoms with Gasteiger partial charge in [0.05, 0.1) is 10.8 Å². The molecule has 3 heterocycles. The van der Waals surface area contributed by atoms with Crippen molar-refractivity contribution in [3.8, 4) is 0 Å². The lowest BCUT2D eigenvalue weighted by molar-refractivity contribution is 0.374. The van der Waals surface area contributed by atoms with Crippen molar-refractivity contribution in [2.45, 2.75) is 0 Å². The number of sulfonamides is 1. The topological polar surface area (TPSA) is 68.2 Å². The summed E-state index contributed by atoms with van der Waals surface area (Å²) >= 11 is 3.58. The molecule has 1 aromatic heterocycles. The molecular formula is C16H27N5O2S3. The van der Waals surface area contributed by atoms with E-state index in [4.69, 9.17) is 0 Å². The molecule has 1 N–H and O–H groups in total. The summed E-state index contributed by atoms with van der Waals surface area (Å²) in [4.78, 5) is 8.92. The van der Waals surface area contributed by atoms with Crippen molar-refractivity contribution in [1.29, 1.82) is 0 Å². The molecule has 146 valence electrons. The average molecular weight is 418 g/mol. The first kappa shape index (κ1) is 19.8. The molecule has 0 aliphatic carbocycles. The molecule has 0 amide bonds. The molecule has 0 aromatic carbocycles. The molecule has 0 unspecified atom stereocenters. The van der Waals surface area contributed by atoms with E-state index in [0.29, 0.717) is 19.6 Å². The Labute approximate surface area is 164 Å². The zero-order chi connectivity index (χ0) is 18.4. The first-order valence-electron chi connectivity index (χ1n) is 8.90. The number of rotatable bonds is 5. The van der Waals surface area contributed by atoms with Crippen molar-refractivity contribution in [3.05, 3.63) is 17.5 Å². The van der Waals surface area contributed by atoms with Crippen molar-refractivity contribution >= 4 is 44.1 Å². The fourth-order valence-electron chi connectivity index (χ4n) is 3.17. The van der Waals surface area contributed by atoms with Gasteiger partial charge in [-0.1, -0.05) is 0 Å². The van der Waals surface area contributed by atoms with E-state index in [1.807, 2.05) is 11.8 Å². The minimum absolute atomic E-state index is 0.117. The van der Waals surface area contributed by atoms with Crippen LogP contribution in [-0.2, 0) is 10.0 Å². The van der Waals surface area contributed by atoms with E-state index in [-0.39, 0.29) is 5.75 Å². The summed E-state index contributed by atoms with van der Waals surface area (Å²) in [5.74, 6) is 2.69. The van der Waals surface area contributed by atoms with E-state index in [0.717, 1.165) is 43.6 Å². The van der Waals surface area contributed by atoms with Gasteiger partial charge in [0.15, 0.2) is 5.96 Å². The average Bonchev–Trinajstić information content (AvgIpc) is 3.21. The van der Waals surface area contributed by atoms with Crippen LogP contribution in [0.2, 0.25) is 0 Å². The Morgan fingerprint density at radius 3 is 2.54 bits per heavy atom. The van der Waals surface area contributed by atoms with Crippen LogP contribution in [0.25, 0.3) is 0 Å². The van der Waals surface area contributed by atoms with Gasteiger partial charge in [-0.2, -0.15) is 11.8 Å². The lowest BCUT2D eigenvalue weighted by atomic mass is 10.3. The molecule has 0 bridgehead atoms. The SMILES string of the molecule is CN=C(NCCS(=O)(=O)N1CCSCC1)N1CCN(c2cccs2)CC1. The highest BCUT2D eigenvalue weighted by atomic mass is 32.2. The van der Waals surface area contributed by atoms with Crippen molar-refractivity contribution < 1.29 is 8.42 Å². The molecule has 2 fully saturated rings. The Hall–Kier alpha value is -0.970. The lowest BCUT2D eigenvalue weighted by Crippen LogP contribution is -2.53. The lowest BCUT2D eigenvalue weighted by Gasteiger charge is -2.37. The van der Waals surface area contributed by atoms with Crippen molar-refractivity contribution in [1.82, 2.24) is 14.5 Å². The quantitative estimate of drug-likeness (QED) is 0.565. The summed E-state index contributed by atoms with van der Waals surface area (Å²) in [6.45, 7) is 5.32. The highest BCUT2D eigenvalue weighted by Gasteiger charge is 2.25. The van der Waals surface area contributed by atoms with Gasteiger partial charge in [-0.05, 0) is 17.5 Å². The second-order valence-electron chi connectivity index (χ2n) is 6.23. The molecule has 2 saturated heterocycles. The van der Waals surface area contributed by atoms with Gasteiger partial charge >= 0.3 is 0 Å². The minimum atomic E-state index is -3.18.